The number of nitrogens with one attached hydrogen (secondary N) is 1. The van der Waals surface area contributed by atoms with Gasteiger partial charge in [0.1, 0.15) is 0 Å². The lowest BCUT2D eigenvalue weighted by atomic mass is 10.0. The Balaban J connectivity index is 2.03. The predicted molar refractivity (Wildman–Crippen MR) is 76.4 cm³/mol. The van der Waals surface area contributed by atoms with E-state index in [-0.39, 0.29) is 5.91 Å². The lowest BCUT2D eigenvalue weighted by molar-refractivity contribution is -0.142. The van der Waals surface area contributed by atoms with Gasteiger partial charge < -0.3 is 10.4 Å². The highest BCUT2D eigenvalue weighted by molar-refractivity contribution is 5.84. The minimum atomic E-state index is -1.02. The predicted octanol–water partition coefficient (Wildman–Crippen LogP) is 2.74. The summed E-state index contributed by atoms with van der Waals surface area (Å²) in [5.74, 6) is -0.527. The third-order valence-electron chi connectivity index (χ3n) is 3.89. The monoisotopic (exact) mass is 275 g/mol. The van der Waals surface area contributed by atoms with Crippen LogP contribution in [0.15, 0.2) is 18.2 Å². The number of benzene rings is 1. The van der Waals surface area contributed by atoms with Crippen LogP contribution in [-0.2, 0) is 9.59 Å². The first-order chi connectivity index (χ1) is 9.47. The van der Waals surface area contributed by atoms with Gasteiger partial charge in [0.25, 0.3) is 0 Å². The van der Waals surface area contributed by atoms with Crippen LogP contribution in [0.4, 0.5) is 0 Å². The van der Waals surface area contributed by atoms with Crippen molar-refractivity contribution >= 4 is 11.9 Å². The number of carboxylic acid groups (broad SMARTS) is 1. The van der Waals surface area contributed by atoms with E-state index in [9.17, 15) is 14.7 Å². The van der Waals surface area contributed by atoms with Gasteiger partial charge in [-0.2, -0.15) is 0 Å². The number of rotatable bonds is 6. The lowest BCUT2D eigenvalue weighted by Crippen LogP contribution is -2.33. The number of carbonyl (C=O) groups excluding carboxylic acids is 1. The van der Waals surface area contributed by atoms with E-state index in [1.807, 2.05) is 26.0 Å². The number of hydrogen-bond donors (Lipinski definition) is 2. The Labute approximate surface area is 119 Å². The zero-order valence-corrected chi connectivity index (χ0v) is 12.0. The molecule has 20 heavy (non-hydrogen) atoms. The summed E-state index contributed by atoms with van der Waals surface area (Å²) in [5, 5.41) is 11.9. The Hall–Kier alpha value is -1.84. The van der Waals surface area contributed by atoms with Crippen LogP contribution in [0.1, 0.15) is 48.4 Å². The summed E-state index contributed by atoms with van der Waals surface area (Å²) in [6.45, 7) is 3.91. The van der Waals surface area contributed by atoms with E-state index in [0.717, 1.165) is 17.5 Å². The van der Waals surface area contributed by atoms with Gasteiger partial charge in [-0.25, -0.2) is 4.79 Å². The third kappa shape index (κ3) is 3.83. The van der Waals surface area contributed by atoms with Crippen LogP contribution in [0.25, 0.3) is 0 Å². The normalized spacial score (nSPS) is 15.7. The van der Waals surface area contributed by atoms with Crippen LogP contribution in [0.3, 0.4) is 0 Å². The highest BCUT2D eigenvalue weighted by atomic mass is 16.4. The largest absolute Gasteiger partial charge is 0.479 e. The second-order valence-corrected chi connectivity index (χ2v) is 5.66. The lowest BCUT2D eigenvalue weighted by Gasteiger charge is -2.16. The number of aryl methyl sites for hydroxylation is 2. The standard InChI is InChI=1S/C16H21NO3/c1-10-3-7-13(9-11(10)2)15(16(19)20)17-14(18)8-6-12-4-5-12/h3,7,9,12,15H,4-6,8H2,1-2H3,(H,17,18)(H,19,20). The summed E-state index contributed by atoms with van der Waals surface area (Å²) >= 11 is 0. The Morgan fingerprint density at radius 3 is 2.55 bits per heavy atom. The van der Waals surface area contributed by atoms with Crippen molar-refractivity contribution in [2.75, 3.05) is 0 Å². The Bertz CT molecular complexity index is 520. The molecule has 4 nitrogen and oxygen atoms in total. The summed E-state index contributed by atoms with van der Waals surface area (Å²) in [6, 6.07) is 4.52. The highest BCUT2D eigenvalue weighted by Gasteiger charge is 2.25. The Kier molecular flexibility index (Phi) is 4.42. The molecule has 1 amide bonds. The van der Waals surface area contributed by atoms with E-state index in [4.69, 9.17) is 0 Å². The average Bonchev–Trinajstić information content (AvgIpc) is 3.21. The molecule has 0 bridgehead atoms. The van der Waals surface area contributed by atoms with Crippen molar-refractivity contribution in [2.45, 2.75) is 45.6 Å². The number of aliphatic carboxylic acids is 1. The molecule has 0 saturated heterocycles. The third-order valence-corrected chi connectivity index (χ3v) is 3.89. The van der Waals surface area contributed by atoms with E-state index >= 15 is 0 Å². The topological polar surface area (TPSA) is 66.4 Å². The van der Waals surface area contributed by atoms with Crippen LogP contribution in [0.2, 0.25) is 0 Å². The summed E-state index contributed by atoms with van der Waals surface area (Å²) in [7, 11) is 0. The molecule has 1 saturated carbocycles. The van der Waals surface area contributed by atoms with Gasteiger partial charge in [-0.05, 0) is 42.9 Å². The molecule has 1 aromatic carbocycles. The maximum absolute atomic E-state index is 11.8. The van der Waals surface area contributed by atoms with Crippen LogP contribution in [-0.4, -0.2) is 17.0 Å². The van der Waals surface area contributed by atoms with E-state index in [1.165, 1.54) is 12.8 Å². The average molecular weight is 275 g/mol. The maximum Gasteiger partial charge on any atom is 0.330 e. The molecule has 1 aromatic rings. The van der Waals surface area contributed by atoms with Crippen LogP contribution in [0, 0.1) is 19.8 Å². The van der Waals surface area contributed by atoms with Crippen molar-refractivity contribution in [3.8, 4) is 0 Å². The van der Waals surface area contributed by atoms with E-state index in [1.54, 1.807) is 6.07 Å². The van der Waals surface area contributed by atoms with Crippen molar-refractivity contribution in [1.82, 2.24) is 5.32 Å². The maximum atomic E-state index is 11.8. The first-order valence-corrected chi connectivity index (χ1v) is 7.06. The number of carboxylic acids is 1. The van der Waals surface area contributed by atoms with Crippen LogP contribution >= 0.6 is 0 Å². The van der Waals surface area contributed by atoms with Gasteiger partial charge in [-0.15, -0.1) is 0 Å². The van der Waals surface area contributed by atoms with Crippen LogP contribution < -0.4 is 5.32 Å². The molecule has 1 atom stereocenters. The number of amides is 1. The van der Waals surface area contributed by atoms with Gasteiger partial charge in [0.15, 0.2) is 6.04 Å². The van der Waals surface area contributed by atoms with Gasteiger partial charge in [-0.1, -0.05) is 31.0 Å². The second kappa shape index (κ2) is 6.07. The summed E-state index contributed by atoms with van der Waals surface area (Å²) < 4.78 is 0. The first kappa shape index (κ1) is 14.6. The summed E-state index contributed by atoms with van der Waals surface area (Å²) in [5.41, 5.74) is 2.76. The molecular formula is C16H21NO3. The van der Waals surface area contributed by atoms with Crippen LogP contribution in [0.5, 0.6) is 0 Å². The SMILES string of the molecule is Cc1ccc(C(NC(=O)CCC2CC2)C(=O)O)cc1C. The first-order valence-electron chi connectivity index (χ1n) is 7.06. The van der Waals surface area contributed by atoms with Crippen molar-refractivity contribution in [2.24, 2.45) is 5.92 Å². The van der Waals surface area contributed by atoms with E-state index in [0.29, 0.717) is 17.9 Å². The molecule has 1 aliphatic rings. The minimum Gasteiger partial charge on any atom is -0.479 e. The zero-order valence-electron chi connectivity index (χ0n) is 12.0. The van der Waals surface area contributed by atoms with Gasteiger partial charge in [0.05, 0.1) is 0 Å². The second-order valence-electron chi connectivity index (χ2n) is 5.66. The molecule has 2 rings (SSSR count). The number of hydrogen-bond acceptors (Lipinski definition) is 2. The van der Waals surface area contributed by atoms with Crippen molar-refractivity contribution in [1.29, 1.82) is 0 Å². The van der Waals surface area contributed by atoms with Crippen molar-refractivity contribution in [3.63, 3.8) is 0 Å². The molecule has 4 heteroatoms. The molecule has 0 radical (unpaired) electrons. The molecule has 0 heterocycles. The Morgan fingerprint density at radius 1 is 1.30 bits per heavy atom. The summed E-state index contributed by atoms with van der Waals surface area (Å²) in [6.07, 6.45) is 3.68. The highest BCUT2D eigenvalue weighted by Crippen LogP contribution is 2.33. The fraction of sp³-hybridized carbons (Fsp3) is 0.500. The molecule has 108 valence electrons. The molecule has 1 fully saturated rings. The summed E-state index contributed by atoms with van der Waals surface area (Å²) in [4.78, 5) is 23.2. The van der Waals surface area contributed by atoms with E-state index < -0.39 is 12.0 Å². The molecule has 2 N–H and O–H groups in total. The van der Waals surface area contributed by atoms with E-state index in [2.05, 4.69) is 5.32 Å². The molecule has 1 unspecified atom stereocenters. The van der Waals surface area contributed by atoms with Gasteiger partial charge in [0.2, 0.25) is 5.91 Å². The van der Waals surface area contributed by atoms with Gasteiger partial charge >= 0.3 is 5.97 Å². The molecule has 0 aromatic heterocycles. The fourth-order valence-corrected chi connectivity index (χ4v) is 2.21. The molecule has 1 aliphatic carbocycles. The Morgan fingerprint density at radius 2 is 2.00 bits per heavy atom. The van der Waals surface area contributed by atoms with Gasteiger partial charge in [-0.3, -0.25) is 4.79 Å². The smallest absolute Gasteiger partial charge is 0.330 e. The minimum absolute atomic E-state index is 0.178. The fourth-order valence-electron chi connectivity index (χ4n) is 2.21. The van der Waals surface area contributed by atoms with Crippen molar-refractivity contribution in [3.05, 3.63) is 34.9 Å². The molecular weight excluding hydrogens is 254 g/mol. The number of carbonyl (C=O) groups is 2. The molecule has 0 aliphatic heterocycles. The quantitative estimate of drug-likeness (QED) is 0.839. The zero-order chi connectivity index (χ0) is 14.7. The molecule has 0 spiro atoms. The van der Waals surface area contributed by atoms with Crippen molar-refractivity contribution < 1.29 is 14.7 Å². The van der Waals surface area contributed by atoms with Gasteiger partial charge in [0, 0.05) is 6.42 Å².